The molecule has 0 fully saturated rings. The third-order valence-corrected chi connectivity index (χ3v) is 3.95. The number of anilines is 3. The molecule has 1 aromatic carbocycles. The molecule has 0 aliphatic heterocycles. The van der Waals surface area contributed by atoms with Crippen LogP contribution in [0.1, 0.15) is 26.3 Å². The largest absolute Gasteiger partial charge is 0.382 e. The zero-order valence-corrected chi connectivity index (χ0v) is 15.9. The number of hydrogen-bond donors (Lipinski definition) is 3. The van der Waals surface area contributed by atoms with Crippen LogP contribution in [0.25, 0.3) is 16.6 Å². The highest BCUT2D eigenvalue weighted by molar-refractivity contribution is 5.94. The minimum absolute atomic E-state index is 0.108. The van der Waals surface area contributed by atoms with Gasteiger partial charge in [0.05, 0.1) is 16.8 Å². The summed E-state index contributed by atoms with van der Waals surface area (Å²) in [5, 5.41) is 16.1. The van der Waals surface area contributed by atoms with Crippen molar-refractivity contribution in [3.05, 3.63) is 48.4 Å². The summed E-state index contributed by atoms with van der Waals surface area (Å²) in [6.45, 7) is 6.24. The van der Waals surface area contributed by atoms with E-state index in [0.717, 1.165) is 22.2 Å². The van der Waals surface area contributed by atoms with Crippen molar-refractivity contribution in [1.29, 1.82) is 0 Å². The lowest BCUT2D eigenvalue weighted by molar-refractivity contribution is 0.571. The molecule has 4 rings (SSSR count). The van der Waals surface area contributed by atoms with Crippen LogP contribution in [0.15, 0.2) is 42.9 Å². The van der Waals surface area contributed by atoms with Crippen molar-refractivity contribution in [2.45, 2.75) is 20.8 Å². The molecule has 0 atom stereocenters. The molecule has 0 saturated heterocycles. The lowest BCUT2D eigenvalue weighted by atomic mass is 9.97. The van der Waals surface area contributed by atoms with Crippen molar-refractivity contribution in [3.63, 3.8) is 0 Å². The Balaban J connectivity index is 1.84. The highest BCUT2D eigenvalue weighted by Crippen LogP contribution is 2.27. The quantitative estimate of drug-likeness (QED) is 0.476. The van der Waals surface area contributed by atoms with E-state index in [9.17, 15) is 0 Å². The molecule has 0 radical (unpaired) electrons. The molecule has 140 valence electrons. The van der Waals surface area contributed by atoms with E-state index in [4.69, 9.17) is 5.73 Å². The second kappa shape index (κ2) is 6.70. The van der Waals surface area contributed by atoms with E-state index in [2.05, 4.69) is 63.2 Å². The number of aromatic amines is 1. The van der Waals surface area contributed by atoms with Gasteiger partial charge in [0.1, 0.15) is 12.1 Å². The first-order valence-corrected chi connectivity index (χ1v) is 8.81. The number of nitrogens with zero attached hydrogens (tertiary/aromatic N) is 5. The zero-order chi connectivity index (χ0) is 19.7. The first kappa shape index (κ1) is 17.5. The minimum Gasteiger partial charge on any atom is -0.382 e. The van der Waals surface area contributed by atoms with Crippen LogP contribution in [-0.2, 0) is 0 Å². The Hall–Kier alpha value is -3.86. The number of H-pyrrole nitrogens is 1. The predicted octanol–water partition coefficient (Wildman–Crippen LogP) is 3.26. The molecule has 0 spiro atoms. The van der Waals surface area contributed by atoms with Crippen molar-refractivity contribution in [1.82, 2.24) is 29.9 Å². The second-order valence-electron chi connectivity index (χ2n) is 7.36. The molecule has 8 heteroatoms. The normalized spacial score (nSPS) is 11.2. The molecule has 3 aromatic heterocycles. The molecule has 4 aromatic rings. The van der Waals surface area contributed by atoms with Gasteiger partial charge in [-0.15, -0.1) is 15.3 Å². The maximum atomic E-state index is 6.18. The van der Waals surface area contributed by atoms with Crippen molar-refractivity contribution in [2.24, 2.45) is 5.41 Å². The van der Waals surface area contributed by atoms with E-state index in [1.165, 1.54) is 6.33 Å². The molecule has 0 saturated carbocycles. The lowest BCUT2D eigenvalue weighted by Crippen LogP contribution is -2.02. The van der Waals surface area contributed by atoms with E-state index in [1.54, 1.807) is 10.9 Å². The number of nitrogen functional groups attached to an aromatic ring is 1. The maximum Gasteiger partial charge on any atom is 0.227 e. The molecular weight excluding hydrogens is 352 g/mol. The molecule has 0 unspecified atom stereocenters. The minimum atomic E-state index is -0.108. The number of para-hydroxylation sites is 1. The van der Waals surface area contributed by atoms with E-state index < -0.39 is 0 Å². The first-order valence-electron chi connectivity index (χ1n) is 8.81. The lowest BCUT2D eigenvalue weighted by Gasteiger charge is -2.09. The summed E-state index contributed by atoms with van der Waals surface area (Å²) in [4.78, 5) is 7.20. The highest BCUT2D eigenvalue weighted by atomic mass is 15.3. The molecule has 4 N–H and O–H groups in total. The summed E-state index contributed by atoms with van der Waals surface area (Å²) in [6, 6.07) is 9.60. The van der Waals surface area contributed by atoms with Crippen molar-refractivity contribution >= 4 is 28.5 Å². The number of aromatic nitrogens is 6. The Morgan fingerprint density at radius 2 is 2.07 bits per heavy atom. The van der Waals surface area contributed by atoms with Crippen LogP contribution in [-0.4, -0.2) is 29.9 Å². The number of fused-ring (bicyclic) bond motifs is 1. The predicted molar refractivity (Wildman–Crippen MR) is 109 cm³/mol. The van der Waals surface area contributed by atoms with Crippen molar-refractivity contribution in [3.8, 4) is 17.5 Å². The average molecular weight is 372 g/mol. The Morgan fingerprint density at radius 1 is 1.21 bits per heavy atom. The third kappa shape index (κ3) is 3.50. The maximum absolute atomic E-state index is 6.18. The molecular formula is C20H20N8. The Kier molecular flexibility index (Phi) is 4.20. The third-order valence-electron chi connectivity index (χ3n) is 3.95. The van der Waals surface area contributed by atoms with Gasteiger partial charge < -0.3 is 16.0 Å². The van der Waals surface area contributed by atoms with Gasteiger partial charge in [0, 0.05) is 23.1 Å². The van der Waals surface area contributed by atoms with Gasteiger partial charge in [0.15, 0.2) is 5.82 Å². The fourth-order valence-electron chi connectivity index (χ4n) is 2.74. The fraction of sp³-hybridized carbons (Fsp3) is 0.200. The van der Waals surface area contributed by atoms with Crippen LogP contribution in [0.2, 0.25) is 0 Å². The molecule has 3 heterocycles. The SMILES string of the molecule is CC(C)(C)C#Cc1cccc2c(N)nn(-c3ccnc(Nc4nnc[nH]4)c3)c12. The van der Waals surface area contributed by atoms with E-state index >= 15 is 0 Å². The van der Waals surface area contributed by atoms with Gasteiger partial charge in [0.25, 0.3) is 0 Å². The van der Waals surface area contributed by atoms with Gasteiger partial charge in [0.2, 0.25) is 5.95 Å². The van der Waals surface area contributed by atoms with Crippen LogP contribution in [0, 0.1) is 17.3 Å². The molecule has 8 nitrogen and oxygen atoms in total. The number of hydrogen-bond acceptors (Lipinski definition) is 6. The van der Waals surface area contributed by atoms with Crippen LogP contribution in [0.4, 0.5) is 17.6 Å². The molecule has 28 heavy (non-hydrogen) atoms. The Labute approximate surface area is 162 Å². The Bertz CT molecular complexity index is 1190. The van der Waals surface area contributed by atoms with E-state index in [0.29, 0.717) is 17.6 Å². The first-order chi connectivity index (χ1) is 13.4. The van der Waals surface area contributed by atoms with Gasteiger partial charge >= 0.3 is 0 Å². The molecule has 0 aliphatic carbocycles. The number of pyridine rings is 1. The molecule has 0 aliphatic rings. The van der Waals surface area contributed by atoms with Crippen LogP contribution < -0.4 is 11.1 Å². The average Bonchev–Trinajstić information content (AvgIpc) is 3.28. The van der Waals surface area contributed by atoms with E-state index in [1.807, 2.05) is 30.3 Å². The summed E-state index contributed by atoms with van der Waals surface area (Å²) in [5.74, 6) is 8.13. The molecule has 0 bridgehead atoms. The monoisotopic (exact) mass is 372 g/mol. The van der Waals surface area contributed by atoms with Gasteiger partial charge in [-0.3, -0.25) is 0 Å². The van der Waals surface area contributed by atoms with Crippen LogP contribution in [0.3, 0.4) is 0 Å². The zero-order valence-electron chi connectivity index (χ0n) is 15.9. The Morgan fingerprint density at radius 3 is 2.82 bits per heavy atom. The van der Waals surface area contributed by atoms with Crippen molar-refractivity contribution < 1.29 is 0 Å². The van der Waals surface area contributed by atoms with E-state index in [-0.39, 0.29) is 5.41 Å². The second-order valence-corrected chi connectivity index (χ2v) is 7.36. The number of rotatable bonds is 3. The van der Waals surface area contributed by atoms with Crippen LogP contribution >= 0.6 is 0 Å². The van der Waals surface area contributed by atoms with Crippen molar-refractivity contribution in [2.75, 3.05) is 11.1 Å². The van der Waals surface area contributed by atoms with Gasteiger partial charge in [-0.25, -0.2) is 9.67 Å². The summed E-state index contributed by atoms with van der Waals surface area (Å²) in [5.41, 5.74) is 8.62. The highest BCUT2D eigenvalue weighted by Gasteiger charge is 2.14. The number of nitrogens with one attached hydrogen (secondary N) is 2. The summed E-state index contributed by atoms with van der Waals surface area (Å²) >= 11 is 0. The summed E-state index contributed by atoms with van der Waals surface area (Å²) in [6.07, 6.45) is 3.19. The fourth-order valence-corrected chi connectivity index (χ4v) is 2.74. The van der Waals surface area contributed by atoms with Gasteiger partial charge in [-0.1, -0.05) is 17.9 Å². The number of benzene rings is 1. The van der Waals surface area contributed by atoms with Gasteiger partial charge in [-0.05, 0) is 39.0 Å². The molecule has 0 amide bonds. The van der Waals surface area contributed by atoms with Crippen LogP contribution in [0.5, 0.6) is 0 Å². The standard InChI is InChI=1S/C20H20N8/c1-20(2,3)9-7-13-5-4-6-15-17(13)28(27-18(15)21)14-8-10-22-16(11-14)25-19-23-12-24-26-19/h4-6,8,10-12H,1-3H3,(H2,21,27)(H2,22,23,24,25,26). The smallest absolute Gasteiger partial charge is 0.227 e. The number of nitrogens with two attached hydrogens (primary N) is 1. The summed E-state index contributed by atoms with van der Waals surface area (Å²) in [7, 11) is 0. The van der Waals surface area contributed by atoms with Gasteiger partial charge in [-0.2, -0.15) is 0 Å². The summed E-state index contributed by atoms with van der Waals surface area (Å²) < 4.78 is 1.80. The topological polar surface area (TPSA) is 110 Å².